The van der Waals surface area contributed by atoms with Crippen molar-refractivity contribution in [2.24, 2.45) is 0 Å². The third kappa shape index (κ3) is 4.83. The van der Waals surface area contributed by atoms with E-state index in [0.29, 0.717) is 17.0 Å². The summed E-state index contributed by atoms with van der Waals surface area (Å²) in [4.78, 5) is 16.9. The molecule has 1 atom stereocenters. The Morgan fingerprint density at radius 1 is 1.14 bits per heavy atom. The van der Waals surface area contributed by atoms with E-state index >= 15 is 0 Å². The van der Waals surface area contributed by atoms with Crippen molar-refractivity contribution in [1.82, 2.24) is 20.5 Å². The molecule has 1 N–H and O–H groups in total. The smallest absolute Gasteiger partial charge is 0.270 e. The van der Waals surface area contributed by atoms with Crippen LogP contribution in [0.15, 0.2) is 60.8 Å². The first-order valence-corrected chi connectivity index (χ1v) is 12.7. The molecule has 0 unspecified atom stereocenters. The fraction of sp³-hybridized carbons (Fsp3) is 0.250. The molecule has 2 aromatic heterocycles. The molecule has 1 amide bonds. The maximum Gasteiger partial charge on any atom is 0.270 e. The highest BCUT2D eigenvalue weighted by Crippen LogP contribution is 2.39. The second-order valence-electron chi connectivity index (χ2n) is 8.91. The Bertz CT molecular complexity index is 1440. The molecule has 0 radical (unpaired) electrons. The highest BCUT2D eigenvalue weighted by Gasteiger charge is 2.26. The van der Waals surface area contributed by atoms with E-state index in [4.69, 9.17) is 4.74 Å². The van der Waals surface area contributed by atoms with Crippen LogP contribution in [0.2, 0.25) is 0 Å². The number of hydrogen-bond donors (Lipinski definition) is 1. The van der Waals surface area contributed by atoms with Gasteiger partial charge in [0, 0.05) is 17.3 Å². The van der Waals surface area contributed by atoms with Crippen LogP contribution >= 0.6 is 11.3 Å². The Labute approximate surface area is 213 Å². The van der Waals surface area contributed by atoms with Crippen LogP contribution in [0.5, 0.6) is 5.75 Å². The van der Waals surface area contributed by atoms with Gasteiger partial charge < -0.3 is 10.1 Å². The topological polar surface area (TPSA) is 101 Å². The van der Waals surface area contributed by atoms with Crippen molar-refractivity contribution in [3.05, 3.63) is 83.2 Å². The third-order valence-electron chi connectivity index (χ3n) is 6.08. The SMILES string of the molecule is CC(C)Oc1ccc(-c2nnc(-c3cccc4c3CCC[C@H]4NC(=O)c3ccccn3)s2)cc1C#N. The van der Waals surface area contributed by atoms with Gasteiger partial charge in [-0.2, -0.15) is 5.26 Å². The zero-order valence-electron chi connectivity index (χ0n) is 20.1. The van der Waals surface area contributed by atoms with E-state index in [1.165, 1.54) is 16.9 Å². The van der Waals surface area contributed by atoms with E-state index < -0.39 is 0 Å². The molecule has 1 aliphatic carbocycles. The number of fused-ring (bicyclic) bond motifs is 1. The summed E-state index contributed by atoms with van der Waals surface area (Å²) < 4.78 is 5.74. The van der Waals surface area contributed by atoms with Crippen molar-refractivity contribution in [2.75, 3.05) is 0 Å². The molecule has 0 bridgehead atoms. The van der Waals surface area contributed by atoms with Gasteiger partial charge in [0.15, 0.2) is 0 Å². The van der Waals surface area contributed by atoms with Gasteiger partial charge in [0.05, 0.1) is 17.7 Å². The third-order valence-corrected chi connectivity index (χ3v) is 7.08. The minimum absolute atomic E-state index is 0.0158. The molecule has 0 spiro atoms. The average Bonchev–Trinajstić information content (AvgIpc) is 3.39. The summed E-state index contributed by atoms with van der Waals surface area (Å²) in [7, 11) is 0. The Balaban J connectivity index is 1.43. The number of nitrogens with one attached hydrogen (secondary N) is 1. The fourth-order valence-electron chi connectivity index (χ4n) is 4.48. The van der Waals surface area contributed by atoms with Gasteiger partial charge in [-0.05, 0) is 74.6 Å². The highest BCUT2D eigenvalue weighted by molar-refractivity contribution is 7.17. The number of aromatic nitrogens is 3. The van der Waals surface area contributed by atoms with Gasteiger partial charge in [-0.25, -0.2) is 0 Å². The molecular formula is C28H25N5O2S. The second kappa shape index (κ2) is 10.3. The molecule has 0 fully saturated rings. The maximum absolute atomic E-state index is 12.7. The molecule has 0 saturated carbocycles. The maximum atomic E-state index is 12.7. The normalized spacial score (nSPS) is 14.7. The van der Waals surface area contributed by atoms with Gasteiger partial charge in [-0.15, -0.1) is 10.2 Å². The van der Waals surface area contributed by atoms with Crippen molar-refractivity contribution in [1.29, 1.82) is 5.26 Å². The first-order chi connectivity index (χ1) is 17.5. The van der Waals surface area contributed by atoms with Crippen molar-refractivity contribution in [3.8, 4) is 33.0 Å². The Morgan fingerprint density at radius 3 is 2.78 bits per heavy atom. The molecule has 5 rings (SSSR count). The molecule has 180 valence electrons. The molecule has 2 aromatic carbocycles. The van der Waals surface area contributed by atoms with Gasteiger partial charge in [-0.1, -0.05) is 35.6 Å². The van der Waals surface area contributed by atoms with Crippen LogP contribution in [0.1, 0.15) is 59.9 Å². The fourth-order valence-corrected chi connectivity index (χ4v) is 5.38. The number of nitriles is 1. The number of carbonyl (C=O) groups excluding carboxylic acids is 1. The summed E-state index contributed by atoms with van der Waals surface area (Å²) >= 11 is 1.49. The molecule has 0 aliphatic heterocycles. The lowest BCUT2D eigenvalue weighted by Crippen LogP contribution is -2.31. The zero-order valence-corrected chi connectivity index (χ0v) is 20.9. The van der Waals surface area contributed by atoms with Crippen LogP contribution in [-0.2, 0) is 6.42 Å². The average molecular weight is 496 g/mol. The number of hydrogen-bond acceptors (Lipinski definition) is 7. The van der Waals surface area contributed by atoms with Crippen molar-refractivity contribution >= 4 is 17.2 Å². The lowest BCUT2D eigenvalue weighted by molar-refractivity contribution is 0.0927. The summed E-state index contributed by atoms with van der Waals surface area (Å²) in [5.41, 5.74) is 5.06. The van der Waals surface area contributed by atoms with Crippen molar-refractivity contribution < 1.29 is 9.53 Å². The van der Waals surface area contributed by atoms with Crippen LogP contribution in [0, 0.1) is 11.3 Å². The van der Waals surface area contributed by atoms with Gasteiger partial charge in [0.2, 0.25) is 0 Å². The number of rotatable bonds is 6. The molecule has 4 aromatic rings. The standard InChI is InChI=1S/C28H25N5O2S/c1-17(2)35-25-13-12-18(15-19(25)16-29)27-32-33-28(36-27)22-9-5-8-21-20(22)7-6-11-23(21)31-26(34)24-10-3-4-14-30-24/h3-5,8-10,12-15,17,23H,6-7,11H2,1-2H3,(H,31,34)/t23-/m1/s1. The number of benzene rings is 2. The van der Waals surface area contributed by atoms with Crippen LogP contribution in [0.25, 0.3) is 21.1 Å². The van der Waals surface area contributed by atoms with E-state index in [0.717, 1.165) is 46.0 Å². The molecule has 36 heavy (non-hydrogen) atoms. The molecular weight excluding hydrogens is 470 g/mol. The van der Waals surface area contributed by atoms with Gasteiger partial charge in [-0.3, -0.25) is 9.78 Å². The first-order valence-electron chi connectivity index (χ1n) is 11.9. The van der Waals surface area contributed by atoms with E-state index in [-0.39, 0.29) is 18.1 Å². The Kier molecular flexibility index (Phi) is 6.74. The lowest BCUT2D eigenvalue weighted by atomic mass is 9.85. The van der Waals surface area contributed by atoms with Crippen LogP contribution < -0.4 is 10.1 Å². The Morgan fingerprint density at radius 2 is 2.00 bits per heavy atom. The van der Waals surface area contributed by atoms with E-state index in [1.807, 2.05) is 38.1 Å². The molecule has 8 heteroatoms. The van der Waals surface area contributed by atoms with Crippen LogP contribution in [0.3, 0.4) is 0 Å². The number of amides is 1. The number of ether oxygens (including phenoxy) is 1. The van der Waals surface area contributed by atoms with Gasteiger partial charge in [0.25, 0.3) is 5.91 Å². The first kappa shape index (κ1) is 23.6. The predicted molar refractivity (Wildman–Crippen MR) is 139 cm³/mol. The summed E-state index contributed by atoms with van der Waals surface area (Å²) in [6.45, 7) is 3.86. The molecule has 1 aliphatic rings. The van der Waals surface area contributed by atoms with E-state index in [1.54, 1.807) is 24.4 Å². The molecule has 0 saturated heterocycles. The van der Waals surface area contributed by atoms with Crippen LogP contribution in [0.4, 0.5) is 0 Å². The predicted octanol–water partition coefficient (Wildman–Crippen LogP) is 5.73. The molecule has 2 heterocycles. The monoisotopic (exact) mass is 495 g/mol. The number of pyridine rings is 1. The quantitative estimate of drug-likeness (QED) is 0.366. The summed E-state index contributed by atoms with van der Waals surface area (Å²) in [6, 6.07) is 19.1. The van der Waals surface area contributed by atoms with Gasteiger partial charge in [0.1, 0.15) is 27.5 Å². The van der Waals surface area contributed by atoms with E-state index in [2.05, 4.69) is 38.7 Å². The second-order valence-corrected chi connectivity index (χ2v) is 9.89. The minimum Gasteiger partial charge on any atom is -0.490 e. The van der Waals surface area contributed by atoms with Crippen molar-refractivity contribution in [2.45, 2.75) is 45.3 Å². The largest absolute Gasteiger partial charge is 0.490 e. The van der Waals surface area contributed by atoms with Gasteiger partial charge >= 0.3 is 0 Å². The minimum atomic E-state index is -0.171. The summed E-state index contributed by atoms with van der Waals surface area (Å²) in [5, 5.41) is 23.2. The Hall–Kier alpha value is -4.09. The van der Waals surface area contributed by atoms with Crippen LogP contribution in [-0.4, -0.2) is 27.2 Å². The van der Waals surface area contributed by atoms with Crippen molar-refractivity contribution in [3.63, 3.8) is 0 Å². The number of carbonyl (C=O) groups is 1. The molecule has 7 nitrogen and oxygen atoms in total. The summed E-state index contributed by atoms with van der Waals surface area (Å²) in [6.07, 6.45) is 4.36. The highest BCUT2D eigenvalue weighted by atomic mass is 32.1. The number of nitrogens with zero attached hydrogens (tertiary/aromatic N) is 4. The van der Waals surface area contributed by atoms with E-state index in [9.17, 15) is 10.1 Å². The lowest BCUT2D eigenvalue weighted by Gasteiger charge is -2.27. The zero-order chi connectivity index (χ0) is 25.1. The summed E-state index contributed by atoms with van der Waals surface area (Å²) in [5.74, 6) is 0.396.